The van der Waals surface area contributed by atoms with Crippen molar-refractivity contribution < 1.29 is 9.53 Å². The number of amides is 1. The number of hydrogen-bond acceptors (Lipinski definition) is 5. The third-order valence-electron chi connectivity index (χ3n) is 2.27. The first-order chi connectivity index (χ1) is 10.4. The summed E-state index contributed by atoms with van der Waals surface area (Å²) in [6.07, 6.45) is 2.86. The highest BCUT2D eigenvalue weighted by molar-refractivity contribution is 5.67. The molecule has 0 fully saturated rings. The van der Waals surface area contributed by atoms with E-state index in [1.807, 2.05) is 46.8 Å². The summed E-state index contributed by atoms with van der Waals surface area (Å²) in [5.74, 6) is 1.12. The van der Waals surface area contributed by atoms with Crippen LogP contribution >= 0.6 is 0 Å². The number of H-pyrrole nitrogens is 1. The number of ether oxygens (including phenoxy) is 1. The summed E-state index contributed by atoms with van der Waals surface area (Å²) >= 11 is 0. The molecule has 0 bridgehead atoms. The van der Waals surface area contributed by atoms with E-state index in [4.69, 9.17) is 4.74 Å². The van der Waals surface area contributed by atoms with Crippen molar-refractivity contribution in [1.82, 2.24) is 25.5 Å². The molecule has 0 aromatic carbocycles. The number of aromatic amines is 1. The van der Waals surface area contributed by atoms with E-state index in [9.17, 15) is 4.79 Å². The molecule has 120 valence electrons. The van der Waals surface area contributed by atoms with E-state index in [2.05, 4.69) is 25.5 Å². The van der Waals surface area contributed by atoms with Gasteiger partial charge in [0.25, 0.3) is 0 Å². The predicted molar refractivity (Wildman–Crippen MR) is 84.0 cm³/mol. The number of alkyl carbamates (subject to hydrolysis) is 1. The Bertz CT molecular complexity index is 575. The van der Waals surface area contributed by atoms with Gasteiger partial charge in [-0.25, -0.2) is 9.78 Å². The lowest BCUT2D eigenvalue weighted by molar-refractivity contribution is 0.0522. The van der Waals surface area contributed by atoms with Crippen LogP contribution in [0.15, 0.2) is 24.5 Å². The number of carbonyl (C=O) groups excluding carboxylic acids is 1. The zero-order valence-corrected chi connectivity index (χ0v) is 13.7. The van der Waals surface area contributed by atoms with Gasteiger partial charge in [0, 0.05) is 18.0 Å². The molecule has 0 aliphatic heterocycles. The fourth-order valence-electron chi connectivity index (χ4n) is 1.47. The van der Waals surface area contributed by atoms with E-state index in [1.165, 1.54) is 0 Å². The fourth-order valence-corrected chi connectivity index (χ4v) is 1.47. The molecule has 0 aliphatic carbocycles. The van der Waals surface area contributed by atoms with Crippen LogP contribution in [0.5, 0.6) is 0 Å². The Kier molecular flexibility index (Phi) is 6.49. The summed E-state index contributed by atoms with van der Waals surface area (Å²) in [7, 11) is 0. The predicted octanol–water partition coefficient (Wildman–Crippen LogP) is 2.92. The number of nitrogens with zero attached hydrogens (tertiary/aromatic N) is 3. The minimum absolute atomic E-state index is 0.229. The summed E-state index contributed by atoms with van der Waals surface area (Å²) < 4.78 is 5.13. The number of nitrogens with one attached hydrogen (secondary N) is 2. The number of hydrogen-bond donors (Lipinski definition) is 2. The number of pyridine rings is 1. The second-order valence-electron chi connectivity index (χ2n) is 5.20. The number of carbonyl (C=O) groups is 1. The molecule has 2 rings (SSSR count). The Morgan fingerprint density at radius 1 is 1.27 bits per heavy atom. The average Bonchev–Trinajstić information content (AvgIpc) is 2.95. The van der Waals surface area contributed by atoms with Crippen LogP contribution in [0, 0.1) is 0 Å². The van der Waals surface area contributed by atoms with Crippen LogP contribution in [0.2, 0.25) is 0 Å². The van der Waals surface area contributed by atoms with Crippen LogP contribution in [0.4, 0.5) is 4.79 Å². The van der Waals surface area contributed by atoms with Crippen molar-refractivity contribution >= 4 is 6.09 Å². The number of rotatable bonds is 3. The van der Waals surface area contributed by atoms with E-state index in [0.29, 0.717) is 11.6 Å². The highest BCUT2D eigenvalue weighted by Crippen LogP contribution is 2.12. The van der Waals surface area contributed by atoms with E-state index in [1.54, 1.807) is 12.4 Å². The van der Waals surface area contributed by atoms with Crippen LogP contribution < -0.4 is 5.32 Å². The molecule has 2 aromatic heterocycles. The van der Waals surface area contributed by atoms with Crippen molar-refractivity contribution in [3.63, 3.8) is 0 Å². The van der Waals surface area contributed by atoms with Gasteiger partial charge in [-0.15, -0.1) is 0 Å². The van der Waals surface area contributed by atoms with Gasteiger partial charge < -0.3 is 10.1 Å². The van der Waals surface area contributed by atoms with Crippen molar-refractivity contribution in [2.24, 2.45) is 0 Å². The van der Waals surface area contributed by atoms with Gasteiger partial charge in [0.15, 0.2) is 5.82 Å². The Hall–Kier alpha value is -2.44. The molecule has 0 aliphatic rings. The maximum absolute atomic E-state index is 11.5. The maximum atomic E-state index is 11.5. The van der Waals surface area contributed by atoms with Gasteiger partial charge in [-0.3, -0.25) is 10.1 Å². The van der Waals surface area contributed by atoms with Gasteiger partial charge in [0.2, 0.25) is 0 Å². The molecule has 0 spiro atoms. The van der Waals surface area contributed by atoms with Crippen LogP contribution in [0.1, 0.15) is 40.4 Å². The first-order valence-corrected chi connectivity index (χ1v) is 7.22. The molecule has 22 heavy (non-hydrogen) atoms. The molecule has 0 unspecified atom stereocenters. The molecular weight excluding hydrogens is 282 g/mol. The smallest absolute Gasteiger partial charge is 0.408 e. The zero-order chi connectivity index (χ0) is 16.6. The van der Waals surface area contributed by atoms with Crippen LogP contribution in [-0.4, -0.2) is 31.9 Å². The monoisotopic (exact) mass is 305 g/mol. The second-order valence-corrected chi connectivity index (χ2v) is 5.20. The largest absolute Gasteiger partial charge is 0.444 e. The summed E-state index contributed by atoms with van der Waals surface area (Å²) in [4.78, 5) is 19.7. The summed E-state index contributed by atoms with van der Waals surface area (Å²) in [6, 6.07) is 3.63. The van der Waals surface area contributed by atoms with Crippen LogP contribution in [0.25, 0.3) is 11.4 Å². The third kappa shape index (κ3) is 5.90. The van der Waals surface area contributed by atoms with E-state index < -0.39 is 11.7 Å². The molecular formula is C15H23N5O2. The molecule has 0 saturated carbocycles. The second kappa shape index (κ2) is 8.11. The molecule has 7 heteroatoms. The average molecular weight is 305 g/mol. The van der Waals surface area contributed by atoms with Crippen molar-refractivity contribution in [2.75, 3.05) is 0 Å². The lowest BCUT2D eigenvalue weighted by Crippen LogP contribution is -2.32. The normalized spacial score (nSPS) is 10.4. The van der Waals surface area contributed by atoms with Crippen molar-refractivity contribution in [2.45, 2.75) is 46.8 Å². The molecule has 0 radical (unpaired) electrons. The van der Waals surface area contributed by atoms with Crippen molar-refractivity contribution in [1.29, 1.82) is 0 Å². The molecule has 2 heterocycles. The van der Waals surface area contributed by atoms with Crippen molar-refractivity contribution in [3.05, 3.63) is 30.4 Å². The van der Waals surface area contributed by atoms with Gasteiger partial charge in [-0.1, -0.05) is 13.8 Å². The van der Waals surface area contributed by atoms with E-state index in [-0.39, 0.29) is 6.54 Å². The van der Waals surface area contributed by atoms with E-state index in [0.717, 1.165) is 5.56 Å². The maximum Gasteiger partial charge on any atom is 0.408 e. The molecule has 0 atom stereocenters. The fraction of sp³-hybridized carbons (Fsp3) is 0.467. The lowest BCUT2D eigenvalue weighted by atomic mass is 10.2. The van der Waals surface area contributed by atoms with Crippen LogP contribution in [-0.2, 0) is 11.3 Å². The highest BCUT2D eigenvalue weighted by atomic mass is 16.6. The van der Waals surface area contributed by atoms with Gasteiger partial charge in [0.1, 0.15) is 11.4 Å². The molecule has 2 aromatic rings. The van der Waals surface area contributed by atoms with Gasteiger partial charge >= 0.3 is 6.09 Å². The van der Waals surface area contributed by atoms with Gasteiger partial charge in [-0.05, 0) is 32.9 Å². The SMILES string of the molecule is CC.CC(C)(C)OC(=O)NCc1nc(-c2ccncc2)n[nH]1. The highest BCUT2D eigenvalue weighted by Gasteiger charge is 2.16. The Labute approximate surface area is 130 Å². The standard InChI is InChI=1S/C13H17N5O2.C2H6/c1-13(2,3)20-12(19)15-8-10-16-11(18-17-10)9-4-6-14-7-5-9;1-2/h4-7H,8H2,1-3H3,(H,15,19)(H,16,17,18);1-2H3. The molecule has 0 saturated heterocycles. The first kappa shape index (κ1) is 17.6. The van der Waals surface area contributed by atoms with Gasteiger partial charge in [0.05, 0.1) is 6.54 Å². The quantitative estimate of drug-likeness (QED) is 0.909. The summed E-state index contributed by atoms with van der Waals surface area (Å²) in [6.45, 7) is 9.65. The Morgan fingerprint density at radius 3 is 2.50 bits per heavy atom. The minimum Gasteiger partial charge on any atom is -0.444 e. The minimum atomic E-state index is -0.520. The van der Waals surface area contributed by atoms with Gasteiger partial charge in [-0.2, -0.15) is 5.10 Å². The van der Waals surface area contributed by atoms with Crippen molar-refractivity contribution in [3.8, 4) is 11.4 Å². The Balaban J connectivity index is 0.00000116. The molecule has 7 nitrogen and oxygen atoms in total. The summed E-state index contributed by atoms with van der Waals surface area (Å²) in [5, 5.41) is 9.47. The topological polar surface area (TPSA) is 92.8 Å². The summed E-state index contributed by atoms with van der Waals surface area (Å²) in [5.41, 5.74) is 0.341. The Morgan fingerprint density at radius 2 is 1.91 bits per heavy atom. The van der Waals surface area contributed by atoms with E-state index >= 15 is 0 Å². The molecule has 2 N–H and O–H groups in total. The lowest BCUT2D eigenvalue weighted by Gasteiger charge is -2.19. The first-order valence-electron chi connectivity index (χ1n) is 7.22. The number of aromatic nitrogens is 4. The molecule has 1 amide bonds. The third-order valence-corrected chi connectivity index (χ3v) is 2.27. The van der Waals surface area contributed by atoms with Crippen LogP contribution in [0.3, 0.4) is 0 Å². The zero-order valence-electron chi connectivity index (χ0n) is 13.7.